The minimum atomic E-state index is 0.163. The molecule has 0 amide bonds. The minimum absolute atomic E-state index is 0.163. The van der Waals surface area contributed by atoms with Gasteiger partial charge in [-0.25, -0.2) is 0 Å². The van der Waals surface area contributed by atoms with Gasteiger partial charge in [-0.1, -0.05) is 0 Å². The van der Waals surface area contributed by atoms with Crippen LogP contribution in [-0.4, -0.2) is 31.4 Å². The van der Waals surface area contributed by atoms with Crippen LogP contribution in [0, 0.1) is 11.3 Å². The summed E-state index contributed by atoms with van der Waals surface area (Å²) >= 11 is 0. The van der Waals surface area contributed by atoms with Crippen molar-refractivity contribution < 1.29 is 9.84 Å². The quantitative estimate of drug-likeness (QED) is 0.744. The van der Waals surface area contributed by atoms with E-state index >= 15 is 0 Å². The van der Waals surface area contributed by atoms with E-state index in [0.29, 0.717) is 18.8 Å². The van der Waals surface area contributed by atoms with E-state index in [4.69, 9.17) is 10.00 Å². The molecule has 1 aliphatic heterocycles. The highest BCUT2D eigenvalue weighted by Crippen LogP contribution is 2.28. The van der Waals surface area contributed by atoms with E-state index in [2.05, 4.69) is 4.90 Å². The van der Waals surface area contributed by atoms with E-state index in [1.165, 1.54) is 6.07 Å². The molecule has 0 unspecified atom stereocenters. The summed E-state index contributed by atoms with van der Waals surface area (Å²) in [4.78, 5) is 2.06. The van der Waals surface area contributed by atoms with Crippen LogP contribution in [0.5, 0.6) is 5.75 Å². The Morgan fingerprint density at radius 1 is 1.33 bits per heavy atom. The Labute approximate surface area is 88.3 Å². The molecule has 1 aliphatic rings. The summed E-state index contributed by atoms with van der Waals surface area (Å²) in [6.45, 7) is 2.91. The van der Waals surface area contributed by atoms with Gasteiger partial charge in [0.2, 0.25) is 0 Å². The van der Waals surface area contributed by atoms with Crippen molar-refractivity contribution >= 4 is 5.69 Å². The number of morpholine rings is 1. The highest BCUT2D eigenvalue weighted by molar-refractivity contribution is 5.60. The molecule has 0 spiro atoms. The number of rotatable bonds is 1. The molecule has 1 aromatic rings. The number of aromatic hydroxyl groups is 1. The maximum absolute atomic E-state index is 9.74. The first-order chi connectivity index (χ1) is 7.31. The molecule has 4 nitrogen and oxygen atoms in total. The average Bonchev–Trinajstić information content (AvgIpc) is 2.30. The first kappa shape index (κ1) is 9.81. The van der Waals surface area contributed by atoms with Gasteiger partial charge in [-0.3, -0.25) is 0 Å². The van der Waals surface area contributed by atoms with Gasteiger partial charge in [-0.2, -0.15) is 5.26 Å². The number of hydrogen-bond donors (Lipinski definition) is 1. The molecule has 2 rings (SSSR count). The highest BCUT2D eigenvalue weighted by Gasteiger charge is 2.14. The molecule has 1 saturated heterocycles. The maximum atomic E-state index is 9.74. The first-order valence-corrected chi connectivity index (χ1v) is 4.87. The fourth-order valence-electron chi connectivity index (χ4n) is 1.66. The summed E-state index contributed by atoms with van der Waals surface area (Å²) in [5.74, 6) is 0.163. The lowest BCUT2D eigenvalue weighted by molar-refractivity contribution is 0.122. The summed E-state index contributed by atoms with van der Waals surface area (Å²) in [6, 6.07) is 6.98. The number of ether oxygens (including phenoxy) is 1. The molecule has 1 fully saturated rings. The van der Waals surface area contributed by atoms with Gasteiger partial charge in [0.25, 0.3) is 0 Å². The number of nitrogens with zero attached hydrogens (tertiary/aromatic N) is 2. The third kappa shape index (κ3) is 2.03. The van der Waals surface area contributed by atoms with E-state index in [1.807, 2.05) is 6.07 Å². The second-order valence-corrected chi connectivity index (χ2v) is 3.41. The molecular formula is C11H12N2O2. The average molecular weight is 204 g/mol. The van der Waals surface area contributed by atoms with Crippen LogP contribution in [0.3, 0.4) is 0 Å². The number of phenols is 1. The van der Waals surface area contributed by atoms with Gasteiger partial charge in [0, 0.05) is 13.1 Å². The van der Waals surface area contributed by atoms with Gasteiger partial charge in [-0.15, -0.1) is 0 Å². The van der Waals surface area contributed by atoms with Crippen LogP contribution in [-0.2, 0) is 4.74 Å². The monoisotopic (exact) mass is 204 g/mol. The van der Waals surface area contributed by atoms with Crippen LogP contribution in [0.1, 0.15) is 5.56 Å². The second-order valence-electron chi connectivity index (χ2n) is 3.41. The minimum Gasteiger partial charge on any atom is -0.506 e. The topological polar surface area (TPSA) is 56.5 Å². The fourth-order valence-corrected chi connectivity index (χ4v) is 1.66. The summed E-state index contributed by atoms with van der Waals surface area (Å²) in [5, 5.41) is 18.4. The van der Waals surface area contributed by atoms with Crippen LogP contribution >= 0.6 is 0 Å². The number of anilines is 1. The van der Waals surface area contributed by atoms with Crippen LogP contribution < -0.4 is 4.90 Å². The largest absolute Gasteiger partial charge is 0.506 e. The fraction of sp³-hybridized carbons (Fsp3) is 0.364. The predicted molar refractivity (Wildman–Crippen MR) is 55.9 cm³/mol. The van der Waals surface area contributed by atoms with Crippen molar-refractivity contribution in [2.24, 2.45) is 0 Å². The second kappa shape index (κ2) is 4.20. The van der Waals surface area contributed by atoms with Crippen LogP contribution in [0.2, 0.25) is 0 Å². The molecule has 4 heteroatoms. The number of phenolic OH excluding ortho intramolecular Hbond substituents is 1. The maximum Gasteiger partial charge on any atom is 0.140 e. The third-order valence-corrected chi connectivity index (χ3v) is 2.46. The van der Waals surface area contributed by atoms with Gasteiger partial charge in [0.1, 0.15) is 5.75 Å². The van der Waals surface area contributed by atoms with E-state index in [-0.39, 0.29) is 5.75 Å². The zero-order valence-electron chi connectivity index (χ0n) is 8.31. The Morgan fingerprint density at radius 2 is 2.07 bits per heavy atom. The van der Waals surface area contributed by atoms with Crippen molar-refractivity contribution in [1.82, 2.24) is 0 Å². The van der Waals surface area contributed by atoms with Crippen molar-refractivity contribution in [1.29, 1.82) is 5.26 Å². The highest BCUT2D eigenvalue weighted by atomic mass is 16.5. The first-order valence-electron chi connectivity index (χ1n) is 4.87. The van der Waals surface area contributed by atoms with E-state index in [1.54, 1.807) is 12.1 Å². The van der Waals surface area contributed by atoms with Crippen molar-refractivity contribution in [3.05, 3.63) is 23.8 Å². The standard InChI is InChI=1S/C11H12N2O2/c12-8-9-1-2-10(11(14)7-9)13-3-5-15-6-4-13/h1-2,7,14H,3-6H2. The molecule has 78 valence electrons. The van der Waals surface area contributed by atoms with Crippen LogP contribution in [0.15, 0.2) is 18.2 Å². The van der Waals surface area contributed by atoms with Gasteiger partial charge < -0.3 is 14.7 Å². The Kier molecular flexibility index (Phi) is 2.75. The van der Waals surface area contributed by atoms with Crippen molar-refractivity contribution in [3.63, 3.8) is 0 Å². The zero-order valence-corrected chi connectivity index (χ0v) is 8.31. The normalized spacial score (nSPS) is 16.1. The summed E-state index contributed by atoms with van der Waals surface area (Å²) < 4.78 is 5.23. The molecule has 15 heavy (non-hydrogen) atoms. The predicted octanol–water partition coefficient (Wildman–Crippen LogP) is 1.10. The smallest absolute Gasteiger partial charge is 0.140 e. The van der Waals surface area contributed by atoms with Gasteiger partial charge >= 0.3 is 0 Å². The van der Waals surface area contributed by atoms with Crippen molar-refractivity contribution in [2.75, 3.05) is 31.2 Å². The third-order valence-electron chi connectivity index (χ3n) is 2.46. The van der Waals surface area contributed by atoms with Gasteiger partial charge in [0.05, 0.1) is 30.5 Å². The lowest BCUT2D eigenvalue weighted by Gasteiger charge is -2.29. The SMILES string of the molecule is N#Cc1ccc(N2CCOCC2)c(O)c1. The molecule has 1 N–H and O–H groups in total. The molecule has 0 aromatic heterocycles. The Bertz CT molecular complexity index is 392. The molecule has 0 bridgehead atoms. The van der Waals surface area contributed by atoms with Crippen LogP contribution in [0.4, 0.5) is 5.69 Å². The number of benzene rings is 1. The number of hydrogen-bond acceptors (Lipinski definition) is 4. The zero-order chi connectivity index (χ0) is 10.7. The molecular weight excluding hydrogens is 192 g/mol. The molecule has 1 heterocycles. The van der Waals surface area contributed by atoms with Crippen molar-refractivity contribution in [2.45, 2.75) is 0 Å². The lowest BCUT2D eigenvalue weighted by atomic mass is 10.2. The molecule has 1 aromatic carbocycles. The Morgan fingerprint density at radius 3 is 2.67 bits per heavy atom. The molecule has 0 aliphatic carbocycles. The lowest BCUT2D eigenvalue weighted by Crippen LogP contribution is -2.36. The Hall–Kier alpha value is -1.73. The van der Waals surface area contributed by atoms with E-state index in [9.17, 15) is 5.11 Å². The molecule has 0 atom stereocenters. The van der Waals surface area contributed by atoms with Gasteiger partial charge in [0.15, 0.2) is 0 Å². The van der Waals surface area contributed by atoms with E-state index < -0.39 is 0 Å². The Balaban J connectivity index is 2.24. The summed E-state index contributed by atoms with van der Waals surface area (Å²) in [6.07, 6.45) is 0. The molecule has 0 radical (unpaired) electrons. The summed E-state index contributed by atoms with van der Waals surface area (Å²) in [5.41, 5.74) is 1.25. The number of nitriles is 1. The van der Waals surface area contributed by atoms with E-state index in [0.717, 1.165) is 18.8 Å². The van der Waals surface area contributed by atoms with Crippen molar-refractivity contribution in [3.8, 4) is 11.8 Å². The van der Waals surface area contributed by atoms with Gasteiger partial charge in [-0.05, 0) is 18.2 Å². The van der Waals surface area contributed by atoms with Crippen LogP contribution in [0.25, 0.3) is 0 Å². The summed E-state index contributed by atoms with van der Waals surface area (Å²) in [7, 11) is 0. The molecule has 0 saturated carbocycles.